The van der Waals surface area contributed by atoms with E-state index in [0.29, 0.717) is 0 Å². The van der Waals surface area contributed by atoms with Gasteiger partial charge in [0, 0.05) is 5.56 Å². The fourth-order valence-electron chi connectivity index (χ4n) is 2.54. The van der Waals surface area contributed by atoms with Gasteiger partial charge in [-0.3, -0.25) is 0 Å². The molecule has 14 heteroatoms. The molecule has 0 amide bonds. The molecule has 0 aliphatic heterocycles. The zero-order chi connectivity index (χ0) is 23.4. The summed E-state index contributed by atoms with van der Waals surface area (Å²) < 4.78 is 131. The van der Waals surface area contributed by atoms with Gasteiger partial charge in [0.05, 0.1) is 16.7 Å². The molecular weight excluding hydrogens is 446 g/mol. The second-order valence-electron chi connectivity index (χ2n) is 5.90. The highest BCUT2D eigenvalue weighted by molar-refractivity contribution is 6.07. The number of aromatic carboxylic acids is 2. The van der Waals surface area contributed by atoms with Crippen LogP contribution in [0.3, 0.4) is 0 Å². The molecule has 0 aromatic heterocycles. The monoisotopic (exact) mass is 452 g/mol. The third kappa shape index (κ3) is 3.61. The number of carboxylic acid groups (broad SMARTS) is 2. The second kappa shape index (κ2) is 6.74. The first-order valence-electron chi connectivity index (χ1n) is 7.30. The maximum atomic E-state index is 13.9. The van der Waals surface area contributed by atoms with Crippen LogP contribution in [0.4, 0.5) is 43.9 Å². The standard InChI is InChI=1S/C16H6F10O4/c17-13(18,15(22,23)16(24,25)26)6-1-5-2-8(11(27)28)9(12(29)30)4-7(5)10(3-6)14(19,20)21/h1-4H,(H,27,28)(H,29,30). The number of benzene rings is 2. The molecule has 0 saturated heterocycles. The van der Waals surface area contributed by atoms with Crippen LogP contribution < -0.4 is 0 Å². The Morgan fingerprint density at radius 2 is 1.17 bits per heavy atom. The Morgan fingerprint density at radius 3 is 1.57 bits per heavy atom. The lowest BCUT2D eigenvalue weighted by molar-refractivity contribution is -0.359. The van der Waals surface area contributed by atoms with Gasteiger partial charge >= 0.3 is 36.1 Å². The Labute approximate surface area is 158 Å². The van der Waals surface area contributed by atoms with Crippen molar-refractivity contribution in [3.05, 3.63) is 46.5 Å². The topological polar surface area (TPSA) is 74.6 Å². The Bertz CT molecular complexity index is 1040. The molecule has 0 aliphatic carbocycles. The van der Waals surface area contributed by atoms with Crippen LogP contribution in [-0.4, -0.2) is 34.3 Å². The van der Waals surface area contributed by atoms with Gasteiger partial charge in [-0.25, -0.2) is 9.59 Å². The molecule has 2 aromatic rings. The molecular formula is C16H6F10O4. The lowest BCUT2D eigenvalue weighted by Crippen LogP contribution is -2.50. The second-order valence-corrected chi connectivity index (χ2v) is 5.90. The summed E-state index contributed by atoms with van der Waals surface area (Å²) in [5, 5.41) is 15.6. The van der Waals surface area contributed by atoms with Crippen molar-refractivity contribution in [2.24, 2.45) is 0 Å². The molecule has 2 aromatic carbocycles. The third-order valence-corrected chi connectivity index (χ3v) is 3.97. The zero-order valence-electron chi connectivity index (χ0n) is 13.8. The van der Waals surface area contributed by atoms with Gasteiger partial charge in [-0.15, -0.1) is 0 Å². The van der Waals surface area contributed by atoms with Crippen molar-refractivity contribution in [3.63, 3.8) is 0 Å². The van der Waals surface area contributed by atoms with Crippen LogP contribution in [-0.2, 0) is 12.1 Å². The van der Waals surface area contributed by atoms with Crippen molar-refractivity contribution >= 4 is 22.7 Å². The van der Waals surface area contributed by atoms with Crippen LogP contribution in [0.25, 0.3) is 10.8 Å². The highest BCUT2D eigenvalue weighted by Gasteiger charge is 2.73. The number of alkyl halides is 10. The maximum absolute atomic E-state index is 13.9. The maximum Gasteiger partial charge on any atom is 0.460 e. The summed E-state index contributed by atoms with van der Waals surface area (Å²) in [7, 11) is 0. The normalized spacial score (nSPS) is 13.5. The molecule has 0 radical (unpaired) electrons. The van der Waals surface area contributed by atoms with Crippen molar-refractivity contribution in [3.8, 4) is 0 Å². The van der Waals surface area contributed by atoms with Crippen molar-refractivity contribution in [1.82, 2.24) is 0 Å². The lowest BCUT2D eigenvalue weighted by atomic mass is 9.91. The van der Waals surface area contributed by atoms with Crippen LogP contribution in [0.15, 0.2) is 24.3 Å². The SMILES string of the molecule is O=C(O)c1cc2cc(C(F)(F)C(F)(F)C(F)(F)F)cc(C(F)(F)F)c2cc1C(=O)O. The smallest absolute Gasteiger partial charge is 0.460 e. The largest absolute Gasteiger partial charge is 0.478 e. The summed E-state index contributed by atoms with van der Waals surface area (Å²) in [5.41, 5.74) is -6.96. The van der Waals surface area contributed by atoms with E-state index in [2.05, 4.69) is 0 Å². The fourth-order valence-corrected chi connectivity index (χ4v) is 2.54. The zero-order valence-corrected chi connectivity index (χ0v) is 13.8. The summed E-state index contributed by atoms with van der Waals surface area (Å²) in [4.78, 5) is 22.2. The van der Waals surface area contributed by atoms with Crippen molar-refractivity contribution in [1.29, 1.82) is 0 Å². The molecule has 2 N–H and O–H groups in total. The van der Waals surface area contributed by atoms with Crippen molar-refractivity contribution in [2.45, 2.75) is 24.2 Å². The molecule has 4 nitrogen and oxygen atoms in total. The summed E-state index contributed by atoms with van der Waals surface area (Å²) in [6, 6.07) is -0.564. The van der Waals surface area contributed by atoms with Crippen LogP contribution in [0.5, 0.6) is 0 Å². The molecule has 2 rings (SSSR count). The minimum absolute atomic E-state index is 0.147. The Kier molecular flexibility index (Phi) is 5.21. The van der Waals surface area contributed by atoms with Gasteiger partial charge in [-0.1, -0.05) is 0 Å². The van der Waals surface area contributed by atoms with E-state index in [1.165, 1.54) is 0 Å². The predicted molar refractivity (Wildman–Crippen MR) is 77.8 cm³/mol. The predicted octanol–water partition coefficient (Wildman–Crippen LogP) is 5.54. The minimum Gasteiger partial charge on any atom is -0.478 e. The van der Waals surface area contributed by atoms with Crippen molar-refractivity contribution in [2.75, 3.05) is 0 Å². The first-order chi connectivity index (χ1) is 13.3. The van der Waals surface area contributed by atoms with Gasteiger partial charge in [0.25, 0.3) is 0 Å². The van der Waals surface area contributed by atoms with E-state index in [1.807, 2.05) is 0 Å². The molecule has 0 fully saturated rings. The number of hydrogen-bond acceptors (Lipinski definition) is 2. The molecule has 164 valence electrons. The molecule has 30 heavy (non-hydrogen) atoms. The van der Waals surface area contributed by atoms with Crippen LogP contribution in [0.2, 0.25) is 0 Å². The lowest BCUT2D eigenvalue weighted by Gasteiger charge is -2.29. The van der Waals surface area contributed by atoms with E-state index in [1.54, 1.807) is 0 Å². The number of rotatable bonds is 4. The highest BCUT2D eigenvalue weighted by Crippen LogP contribution is 2.53. The average molecular weight is 452 g/mol. The molecule has 0 spiro atoms. The van der Waals surface area contributed by atoms with E-state index in [0.717, 1.165) is 0 Å². The van der Waals surface area contributed by atoms with E-state index in [-0.39, 0.29) is 18.2 Å². The molecule has 0 aliphatic rings. The summed E-state index contributed by atoms with van der Waals surface area (Å²) >= 11 is 0. The number of carbonyl (C=O) groups is 2. The minimum atomic E-state index is -6.83. The quantitative estimate of drug-likeness (QED) is 0.598. The van der Waals surface area contributed by atoms with E-state index >= 15 is 0 Å². The number of hydrogen-bond donors (Lipinski definition) is 2. The van der Waals surface area contributed by atoms with Gasteiger partial charge in [-0.05, 0) is 35.0 Å². The average Bonchev–Trinajstić information content (AvgIpc) is 2.57. The van der Waals surface area contributed by atoms with Gasteiger partial charge in [0.15, 0.2) is 0 Å². The number of carboxylic acids is 2. The highest BCUT2D eigenvalue weighted by atomic mass is 19.4. The van der Waals surface area contributed by atoms with Crippen LogP contribution >= 0.6 is 0 Å². The molecule has 0 saturated carbocycles. The van der Waals surface area contributed by atoms with Gasteiger partial charge in [0.2, 0.25) is 0 Å². The first-order valence-corrected chi connectivity index (χ1v) is 7.30. The summed E-state index contributed by atoms with van der Waals surface area (Å²) in [6.07, 6.45) is -12.4. The number of fused-ring (bicyclic) bond motifs is 1. The van der Waals surface area contributed by atoms with Crippen LogP contribution in [0.1, 0.15) is 31.8 Å². The van der Waals surface area contributed by atoms with Crippen LogP contribution in [0, 0.1) is 0 Å². The Hall–Kier alpha value is -3.06. The van der Waals surface area contributed by atoms with Gasteiger partial charge in [-0.2, -0.15) is 43.9 Å². The fraction of sp³-hybridized carbons (Fsp3) is 0.250. The number of halogens is 10. The van der Waals surface area contributed by atoms with Crippen molar-refractivity contribution < 1.29 is 63.7 Å². The summed E-state index contributed by atoms with van der Waals surface area (Å²) in [6.45, 7) is 0. The van der Waals surface area contributed by atoms with Gasteiger partial charge in [0.1, 0.15) is 0 Å². The summed E-state index contributed by atoms with van der Waals surface area (Å²) in [5.74, 6) is -17.0. The molecule has 0 atom stereocenters. The van der Waals surface area contributed by atoms with E-state index in [9.17, 15) is 53.5 Å². The molecule has 0 heterocycles. The molecule has 0 unspecified atom stereocenters. The molecule has 0 bridgehead atoms. The van der Waals surface area contributed by atoms with E-state index < -0.39 is 75.2 Å². The Morgan fingerprint density at radius 1 is 0.700 bits per heavy atom. The Balaban J connectivity index is 2.99. The third-order valence-electron chi connectivity index (χ3n) is 3.97. The van der Waals surface area contributed by atoms with Gasteiger partial charge < -0.3 is 10.2 Å². The van der Waals surface area contributed by atoms with E-state index in [4.69, 9.17) is 10.2 Å². The first kappa shape index (κ1) is 23.2.